The molecule has 0 fully saturated rings. The maximum Gasteiger partial charge on any atom is 0.175 e. The lowest BCUT2D eigenvalue weighted by molar-refractivity contribution is 0.267. The highest BCUT2D eigenvalue weighted by atomic mass is 79.9. The number of benzene rings is 2. The SMILES string of the molecule is CCOc1cc(CNCCN(CC)CC)cc(Br)c1OCc1ccc(C)cc1.Cl.Cl. The predicted molar refractivity (Wildman–Crippen MR) is 135 cm³/mol. The summed E-state index contributed by atoms with van der Waals surface area (Å²) in [5, 5.41) is 3.52. The molecule has 0 amide bonds. The number of halogens is 3. The van der Waals surface area contributed by atoms with Crippen LogP contribution >= 0.6 is 40.7 Å². The quantitative estimate of drug-likeness (QED) is 0.347. The van der Waals surface area contributed by atoms with Crippen LogP contribution in [0, 0.1) is 6.92 Å². The zero-order valence-electron chi connectivity index (χ0n) is 18.4. The third-order valence-corrected chi connectivity index (χ3v) is 5.29. The van der Waals surface area contributed by atoms with Crippen molar-refractivity contribution in [3.05, 3.63) is 57.6 Å². The Morgan fingerprint density at radius 3 is 2.20 bits per heavy atom. The van der Waals surface area contributed by atoms with Crippen LogP contribution in [0.5, 0.6) is 11.5 Å². The van der Waals surface area contributed by atoms with Crippen molar-refractivity contribution >= 4 is 40.7 Å². The second kappa shape index (κ2) is 15.8. The van der Waals surface area contributed by atoms with Gasteiger partial charge in [0.15, 0.2) is 11.5 Å². The number of likely N-dealkylation sites (N-methyl/N-ethyl adjacent to an activating group) is 1. The molecule has 0 radical (unpaired) electrons. The molecule has 1 N–H and O–H groups in total. The molecule has 0 saturated carbocycles. The Kier molecular flexibility index (Phi) is 15.3. The number of hydrogen-bond donors (Lipinski definition) is 1. The summed E-state index contributed by atoms with van der Waals surface area (Å²) in [5.74, 6) is 1.54. The first kappa shape index (κ1) is 29.0. The van der Waals surface area contributed by atoms with E-state index >= 15 is 0 Å². The smallest absolute Gasteiger partial charge is 0.175 e. The summed E-state index contributed by atoms with van der Waals surface area (Å²) in [6.45, 7) is 14.6. The van der Waals surface area contributed by atoms with Gasteiger partial charge in [0.05, 0.1) is 11.1 Å². The van der Waals surface area contributed by atoms with E-state index in [4.69, 9.17) is 9.47 Å². The molecule has 2 rings (SSSR count). The van der Waals surface area contributed by atoms with E-state index < -0.39 is 0 Å². The Hall–Kier alpha value is -0.980. The van der Waals surface area contributed by atoms with Crippen LogP contribution in [0.15, 0.2) is 40.9 Å². The van der Waals surface area contributed by atoms with Gasteiger partial charge in [-0.2, -0.15) is 0 Å². The minimum atomic E-state index is 0. The lowest BCUT2D eigenvalue weighted by Crippen LogP contribution is -2.31. The van der Waals surface area contributed by atoms with Gasteiger partial charge in [0.25, 0.3) is 0 Å². The average molecular weight is 522 g/mol. The molecule has 0 atom stereocenters. The molecule has 0 unspecified atom stereocenters. The van der Waals surface area contributed by atoms with E-state index in [2.05, 4.69) is 83.3 Å². The Bertz CT molecular complexity index is 726. The van der Waals surface area contributed by atoms with E-state index in [1.807, 2.05) is 6.92 Å². The topological polar surface area (TPSA) is 33.7 Å². The van der Waals surface area contributed by atoms with Crippen molar-refractivity contribution < 1.29 is 9.47 Å². The van der Waals surface area contributed by atoms with Crippen LogP contribution in [0.2, 0.25) is 0 Å². The number of nitrogens with zero attached hydrogens (tertiary/aromatic N) is 1. The van der Waals surface area contributed by atoms with Gasteiger partial charge in [-0.25, -0.2) is 0 Å². The van der Waals surface area contributed by atoms with Crippen molar-refractivity contribution in [1.29, 1.82) is 0 Å². The Labute approximate surface area is 202 Å². The van der Waals surface area contributed by atoms with Crippen molar-refractivity contribution in [3.8, 4) is 11.5 Å². The maximum atomic E-state index is 6.09. The molecule has 2 aromatic rings. The fourth-order valence-electron chi connectivity index (χ4n) is 2.98. The largest absolute Gasteiger partial charge is 0.490 e. The van der Waals surface area contributed by atoms with Gasteiger partial charge >= 0.3 is 0 Å². The van der Waals surface area contributed by atoms with Crippen molar-refractivity contribution in [2.75, 3.05) is 32.8 Å². The van der Waals surface area contributed by atoms with Crippen LogP contribution in [0.4, 0.5) is 0 Å². The molecule has 170 valence electrons. The highest BCUT2D eigenvalue weighted by Gasteiger charge is 2.13. The first-order valence-corrected chi connectivity index (χ1v) is 10.9. The number of aryl methyl sites for hydroxylation is 1. The van der Waals surface area contributed by atoms with Crippen molar-refractivity contribution in [1.82, 2.24) is 10.2 Å². The molecule has 0 aliphatic carbocycles. The van der Waals surface area contributed by atoms with E-state index in [0.717, 1.165) is 54.3 Å². The Morgan fingerprint density at radius 2 is 1.60 bits per heavy atom. The van der Waals surface area contributed by atoms with E-state index in [1.54, 1.807) is 0 Å². The third-order valence-electron chi connectivity index (χ3n) is 4.70. The third kappa shape index (κ3) is 9.44. The summed E-state index contributed by atoms with van der Waals surface area (Å²) < 4.78 is 12.9. The summed E-state index contributed by atoms with van der Waals surface area (Å²) in [4.78, 5) is 2.41. The van der Waals surface area contributed by atoms with E-state index in [9.17, 15) is 0 Å². The second-order valence-corrected chi connectivity index (χ2v) is 7.67. The van der Waals surface area contributed by atoms with Crippen molar-refractivity contribution in [2.24, 2.45) is 0 Å². The molecule has 4 nitrogen and oxygen atoms in total. The molecular weight excluding hydrogens is 487 g/mol. The van der Waals surface area contributed by atoms with Crippen LogP contribution in [-0.4, -0.2) is 37.7 Å². The van der Waals surface area contributed by atoms with Crippen LogP contribution in [0.1, 0.15) is 37.5 Å². The number of ether oxygens (including phenoxy) is 2. The van der Waals surface area contributed by atoms with Gasteiger partial charge in [-0.15, -0.1) is 24.8 Å². The van der Waals surface area contributed by atoms with Crippen LogP contribution in [0.3, 0.4) is 0 Å². The normalized spacial score (nSPS) is 10.3. The first-order valence-electron chi connectivity index (χ1n) is 10.1. The number of rotatable bonds is 12. The first-order chi connectivity index (χ1) is 13.6. The van der Waals surface area contributed by atoms with Crippen LogP contribution in [0.25, 0.3) is 0 Å². The lowest BCUT2D eigenvalue weighted by atomic mass is 10.1. The van der Waals surface area contributed by atoms with Gasteiger partial charge in [-0.1, -0.05) is 43.7 Å². The van der Waals surface area contributed by atoms with Crippen LogP contribution < -0.4 is 14.8 Å². The van der Waals surface area contributed by atoms with Gasteiger partial charge < -0.3 is 19.7 Å². The summed E-state index contributed by atoms with van der Waals surface area (Å²) in [6.07, 6.45) is 0. The summed E-state index contributed by atoms with van der Waals surface area (Å²) in [7, 11) is 0. The van der Waals surface area contributed by atoms with E-state index in [0.29, 0.717) is 13.2 Å². The number of hydrogen-bond acceptors (Lipinski definition) is 4. The molecule has 0 aromatic heterocycles. The molecule has 2 aromatic carbocycles. The van der Waals surface area contributed by atoms with E-state index in [-0.39, 0.29) is 24.8 Å². The molecule has 7 heteroatoms. The van der Waals surface area contributed by atoms with Gasteiger partial charge in [-0.05, 0) is 66.1 Å². The molecule has 0 aliphatic rings. The standard InChI is InChI=1S/C23H33BrN2O2.2ClH/c1-5-26(6-2)13-12-25-16-20-14-21(24)23(22(15-20)27-7-3)28-17-19-10-8-18(4)9-11-19;;/h8-11,14-15,25H,5-7,12-13,16-17H2,1-4H3;2*1H. The van der Waals surface area contributed by atoms with Gasteiger partial charge in [0.2, 0.25) is 0 Å². The fraction of sp³-hybridized carbons (Fsp3) is 0.478. The monoisotopic (exact) mass is 520 g/mol. The van der Waals surface area contributed by atoms with E-state index in [1.165, 1.54) is 11.1 Å². The van der Waals surface area contributed by atoms with Crippen molar-refractivity contribution in [2.45, 2.75) is 40.8 Å². The molecular formula is C23H35BrCl2N2O2. The van der Waals surface area contributed by atoms with Gasteiger partial charge in [0.1, 0.15) is 6.61 Å². The summed E-state index contributed by atoms with van der Waals surface area (Å²) in [6, 6.07) is 12.6. The minimum absolute atomic E-state index is 0. The molecule has 0 aliphatic heterocycles. The predicted octanol–water partition coefficient (Wildman–Crippen LogP) is 6.01. The van der Waals surface area contributed by atoms with Crippen LogP contribution in [-0.2, 0) is 13.2 Å². The Balaban J connectivity index is 0.00000420. The van der Waals surface area contributed by atoms with Gasteiger partial charge in [0, 0.05) is 19.6 Å². The molecule has 0 saturated heterocycles. The van der Waals surface area contributed by atoms with Crippen molar-refractivity contribution in [3.63, 3.8) is 0 Å². The van der Waals surface area contributed by atoms with Gasteiger partial charge in [-0.3, -0.25) is 0 Å². The summed E-state index contributed by atoms with van der Waals surface area (Å²) in [5.41, 5.74) is 3.57. The summed E-state index contributed by atoms with van der Waals surface area (Å²) >= 11 is 3.67. The minimum Gasteiger partial charge on any atom is -0.490 e. The fourth-order valence-corrected chi connectivity index (χ4v) is 3.58. The highest BCUT2D eigenvalue weighted by Crippen LogP contribution is 2.37. The molecule has 0 spiro atoms. The molecule has 0 heterocycles. The zero-order valence-corrected chi connectivity index (χ0v) is 21.6. The average Bonchev–Trinajstić information content (AvgIpc) is 2.69. The maximum absolute atomic E-state index is 6.09. The zero-order chi connectivity index (χ0) is 20.4. The molecule has 30 heavy (non-hydrogen) atoms. The Morgan fingerprint density at radius 1 is 0.933 bits per heavy atom. The number of nitrogens with one attached hydrogen (secondary N) is 1. The lowest BCUT2D eigenvalue weighted by Gasteiger charge is -2.19. The molecule has 0 bridgehead atoms. The highest BCUT2D eigenvalue weighted by molar-refractivity contribution is 9.10. The second-order valence-electron chi connectivity index (χ2n) is 6.82.